The number of benzene rings is 1. The van der Waals surface area contributed by atoms with Crippen molar-refractivity contribution in [2.24, 2.45) is 0 Å². The molecule has 4 N–H and O–H groups in total. The van der Waals surface area contributed by atoms with Crippen molar-refractivity contribution in [2.45, 2.75) is 26.4 Å². The second kappa shape index (κ2) is 9.11. The van der Waals surface area contributed by atoms with Crippen LogP contribution in [0.5, 0.6) is 0 Å². The van der Waals surface area contributed by atoms with Gasteiger partial charge in [0.25, 0.3) is 5.91 Å². The predicted molar refractivity (Wildman–Crippen MR) is 127 cm³/mol. The lowest BCUT2D eigenvalue weighted by molar-refractivity contribution is -0.117. The van der Waals surface area contributed by atoms with Gasteiger partial charge in [0.05, 0.1) is 12.7 Å². The Labute approximate surface area is 191 Å². The quantitative estimate of drug-likeness (QED) is 0.492. The van der Waals surface area contributed by atoms with Crippen molar-refractivity contribution >= 4 is 40.6 Å². The van der Waals surface area contributed by atoms with Gasteiger partial charge in [0.15, 0.2) is 5.82 Å². The van der Waals surface area contributed by atoms with Crippen molar-refractivity contribution in [1.82, 2.24) is 20.3 Å². The summed E-state index contributed by atoms with van der Waals surface area (Å²) >= 11 is 0. The van der Waals surface area contributed by atoms with Gasteiger partial charge >= 0.3 is 0 Å². The molecule has 0 unspecified atom stereocenters. The molecule has 1 aromatic carbocycles. The molecule has 2 amide bonds. The van der Waals surface area contributed by atoms with Crippen LogP contribution >= 0.6 is 0 Å². The first-order chi connectivity index (χ1) is 15.8. The second-order valence-corrected chi connectivity index (χ2v) is 8.08. The lowest BCUT2D eigenvalue weighted by Gasteiger charge is -2.36. The zero-order valence-corrected chi connectivity index (χ0v) is 18.7. The number of amides is 2. The van der Waals surface area contributed by atoms with E-state index in [1.807, 2.05) is 30.9 Å². The molecule has 3 aromatic rings. The average molecular weight is 447 g/mol. The molecule has 33 heavy (non-hydrogen) atoms. The Morgan fingerprint density at radius 2 is 1.97 bits per heavy atom. The van der Waals surface area contributed by atoms with Gasteiger partial charge in [0.2, 0.25) is 11.9 Å². The molecule has 10 nitrogen and oxygen atoms in total. The SMILES string of the molecule is CC(C)N1CC(=O)N(C)c2cnc(Nc3cc(N)cc(C(=O)NCc4ccncc4)c3)nc21. The summed E-state index contributed by atoms with van der Waals surface area (Å²) in [5.41, 5.74) is 9.07. The van der Waals surface area contributed by atoms with E-state index in [0.717, 1.165) is 5.56 Å². The maximum absolute atomic E-state index is 12.7. The van der Waals surface area contributed by atoms with Gasteiger partial charge in [-0.25, -0.2) is 4.98 Å². The summed E-state index contributed by atoms with van der Waals surface area (Å²) in [4.78, 5) is 41.4. The minimum Gasteiger partial charge on any atom is -0.399 e. The monoisotopic (exact) mass is 446 g/mol. The van der Waals surface area contributed by atoms with Gasteiger partial charge in [-0.05, 0) is 49.7 Å². The number of nitrogens with one attached hydrogen (secondary N) is 2. The Hall–Kier alpha value is -4.21. The van der Waals surface area contributed by atoms with Crippen LogP contribution in [0.3, 0.4) is 0 Å². The number of nitrogens with two attached hydrogens (primary N) is 1. The highest BCUT2D eigenvalue weighted by Crippen LogP contribution is 2.33. The highest BCUT2D eigenvalue weighted by molar-refractivity contribution is 6.02. The molecule has 0 aliphatic carbocycles. The fraction of sp³-hybridized carbons (Fsp3) is 0.261. The smallest absolute Gasteiger partial charge is 0.251 e. The van der Waals surface area contributed by atoms with Crippen LogP contribution in [0, 0.1) is 0 Å². The van der Waals surface area contributed by atoms with Crippen molar-refractivity contribution in [2.75, 3.05) is 34.4 Å². The van der Waals surface area contributed by atoms with Crippen LogP contribution in [-0.4, -0.2) is 46.4 Å². The van der Waals surface area contributed by atoms with E-state index in [4.69, 9.17) is 5.73 Å². The summed E-state index contributed by atoms with van der Waals surface area (Å²) in [7, 11) is 1.71. The van der Waals surface area contributed by atoms with Crippen LogP contribution in [0.25, 0.3) is 0 Å². The van der Waals surface area contributed by atoms with E-state index in [9.17, 15) is 9.59 Å². The average Bonchev–Trinajstić information content (AvgIpc) is 2.80. The van der Waals surface area contributed by atoms with Gasteiger partial charge < -0.3 is 26.2 Å². The Morgan fingerprint density at radius 1 is 1.21 bits per heavy atom. The van der Waals surface area contributed by atoms with Crippen LogP contribution in [-0.2, 0) is 11.3 Å². The molecule has 0 saturated carbocycles. The molecular weight excluding hydrogens is 420 g/mol. The van der Waals surface area contributed by atoms with Crippen molar-refractivity contribution < 1.29 is 9.59 Å². The summed E-state index contributed by atoms with van der Waals surface area (Å²) in [6.45, 7) is 4.64. The number of carbonyl (C=O) groups is 2. The third-order valence-electron chi connectivity index (χ3n) is 5.36. The first-order valence-electron chi connectivity index (χ1n) is 10.6. The number of nitrogens with zero attached hydrogens (tertiary/aromatic N) is 5. The fourth-order valence-corrected chi connectivity index (χ4v) is 3.53. The van der Waals surface area contributed by atoms with E-state index in [0.29, 0.717) is 40.9 Å². The van der Waals surface area contributed by atoms with Gasteiger partial charge in [0.1, 0.15) is 5.69 Å². The van der Waals surface area contributed by atoms with E-state index in [-0.39, 0.29) is 24.4 Å². The second-order valence-electron chi connectivity index (χ2n) is 8.08. The largest absolute Gasteiger partial charge is 0.399 e. The number of likely N-dealkylation sites (N-methyl/N-ethyl adjacent to an activating group) is 1. The lowest BCUT2D eigenvalue weighted by atomic mass is 10.1. The Balaban J connectivity index is 1.55. The van der Waals surface area contributed by atoms with E-state index in [2.05, 4.69) is 25.6 Å². The summed E-state index contributed by atoms with van der Waals surface area (Å²) in [6, 6.07) is 8.78. The number of carbonyl (C=O) groups excluding carboxylic acids is 2. The Bertz CT molecular complexity index is 1180. The molecular formula is C23H26N8O2. The van der Waals surface area contributed by atoms with E-state index in [1.54, 1.807) is 48.7 Å². The standard InChI is InChI=1S/C23H26N8O2/c1-14(2)31-13-20(32)30(3)19-12-27-23(29-21(19)31)28-18-9-16(8-17(24)10-18)22(33)26-11-15-4-6-25-7-5-15/h4-10,12,14H,11,13,24H2,1-3H3,(H,26,33)(H,27,28,29). The summed E-state index contributed by atoms with van der Waals surface area (Å²) < 4.78 is 0. The zero-order chi connectivity index (χ0) is 23.5. The molecule has 2 aromatic heterocycles. The minimum absolute atomic E-state index is 0.0150. The molecule has 0 radical (unpaired) electrons. The van der Waals surface area contributed by atoms with Gasteiger partial charge in [0, 0.05) is 49.0 Å². The predicted octanol–water partition coefficient (Wildman–Crippen LogP) is 2.32. The van der Waals surface area contributed by atoms with Gasteiger partial charge in [-0.15, -0.1) is 0 Å². The molecule has 0 fully saturated rings. The number of fused-ring (bicyclic) bond motifs is 1. The van der Waals surface area contributed by atoms with Crippen molar-refractivity contribution in [3.63, 3.8) is 0 Å². The minimum atomic E-state index is -0.250. The lowest BCUT2D eigenvalue weighted by Crippen LogP contribution is -2.47. The molecule has 3 heterocycles. The summed E-state index contributed by atoms with van der Waals surface area (Å²) in [5.74, 6) is 0.748. The Morgan fingerprint density at radius 3 is 2.70 bits per heavy atom. The molecule has 4 rings (SSSR count). The van der Waals surface area contributed by atoms with Crippen LogP contribution in [0.4, 0.5) is 28.8 Å². The third kappa shape index (κ3) is 4.84. The highest BCUT2D eigenvalue weighted by Gasteiger charge is 2.30. The van der Waals surface area contributed by atoms with Gasteiger partial charge in [-0.2, -0.15) is 4.98 Å². The summed E-state index contributed by atoms with van der Waals surface area (Å²) in [5, 5.41) is 6.01. The number of aromatic nitrogens is 3. The maximum Gasteiger partial charge on any atom is 0.251 e. The molecule has 10 heteroatoms. The molecule has 0 bridgehead atoms. The number of hydrogen-bond acceptors (Lipinski definition) is 8. The highest BCUT2D eigenvalue weighted by atomic mass is 16.2. The first-order valence-corrected chi connectivity index (χ1v) is 10.6. The number of nitrogen functional groups attached to an aromatic ring is 1. The maximum atomic E-state index is 12.7. The van der Waals surface area contributed by atoms with E-state index >= 15 is 0 Å². The molecule has 1 aliphatic heterocycles. The number of anilines is 5. The molecule has 0 atom stereocenters. The zero-order valence-electron chi connectivity index (χ0n) is 18.7. The van der Waals surface area contributed by atoms with Crippen LogP contribution in [0.1, 0.15) is 29.8 Å². The van der Waals surface area contributed by atoms with Crippen molar-refractivity contribution in [1.29, 1.82) is 0 Å². The van der Waals surface area contributed by atoms with Crippen molar-refractivity contribution in [3.05, 3.63) is 60.0 Å². The fourth-order valence-electron chi connectivity index (χ4n) is 3.53. The van der Waals surface area contributed by atoms with Crippen LogP contribution in [0.15, 0.2) is 48.9 Å². The van der Waals surface area contributed by atoms with Crippen LogP contribution in [0.2, 0.25) is 0 Å². The van der Waals surface area contributed by atoms with Gasteiger partial charge in [-0.3, -0.25) is 14.6 Å². The number of pyridine rings is 1. The number of rotatable bonds is 6. The summed E-state index contributed by atoms with van der Waals surface area (Å²) in [6.07, 6.45) is 4.97. The van der Waals surface area contributed by atoms with Gasteiger partial charge in [-0.1, -0.05) is 0 Å². The molecule has 170 valence electrons. The molecule has 0 saturated heterocycles. The Kier molecular flexibility index (Phi) is 6.07. The topological polar surface area (TPSA) is 129 Å². The van der Waals surface area contributed by atoms with Crippen molar-refractivity contribution in [3.8, 4) is 0 Å². The van der Waals surface area contributed by atoms with E-state index in [1.165, 1.54) is 0 Å². The molecule has 0 spiro atoms. The van der Waals surface area contributed by atoms with E-state index < -0.39 is 0 Å². The van der Waals surface area contributed by atoms with Crippen LogP contribution < -0.4 is 26.2 Å². The first kappa shape index (κ1) is 22.0. The third-order valence-corrected chi connectivity index (χ3v) is 5.36. The normalized spacial score (nSPS) is 13.2. The molecule has 1 aliphatic rings. The number of hydrogen-bond donors (Lipinski definition) is 3.